The van der Waals surface area contributed by atoms with Gasteiger partial charge in [0.15, 0.2) is 0 Å². The third-order valence-electron chi connectivity index (χ3n) is 3.68. The van der Waals surface area contributed by atoms with E-state index >= 15 is 0 Å². The van der Waals surface area contributed by atoms with E-state index in [2.05, 4.69) is 0 Å². The van der Waals surface area contributed by atoms with Crippen LogP contribution in [0.3, 0.4) is 0 Å². The number of carbonyl (C=O) groups is 1. The molecule has 2 aromatic rings. The van der Waals surface area contributed by atoms with E-state index in [-0.39, 0.29) is 24.4 Å². The summed E-state index contributed by atoms with van der Waals surface area (Å²) in [5, 5.41) is 0. The number of rotatable bonds is 3. The average Bonchev–Trinajstić information content (AvgIpc) is 3.13. The van der Waals surface area contributed by atoms with Gasteiger partial charge in [0.1, 0.15) is 10.6 Å². The fourth-order valence-corrected chi connectivity index (χ4v) is 3.63. The quantitative estimate of drug-likeness (QED) is 0.936. The van der Waals surface area contributed by atoms with Crippen molar-refractivity contribution in [1.82, 2.24) is 4.90 Å². The van der Waals surface area contributed by atoms with Crippen LogP contribution in [0.2, 0.25) is 0 Å². The molecular weight excluding hydrogens is 320 g/mol. The highest BCUT2D eigenvalue weighted by Crippen LogP contribution is 2.37. The maximum atomic E-state index is 12.6. The minimum absolute atomic E-state index is 0. The molecule has 4 nitrogen and oxygen atoms in total. The fraction of sp³-hybridized carbons (Fsp3) is 0.312. The van der Waals surface area contributed by atoms with Gasteiger partial charge in [-0.25, -0.2) is 0 Å². The number of halogens is 1. The third-order valence-corrected chi connectivity index (χ3v) is 4.84. The molecule has 2 heterocycles. The zero-order valence-electron chi connectivity index (χ0n) is 12.3. The molecule has 1 atom stereocenters. The first-order valence-corrected chi connectivity index (χ1v) is 7.79. The molecule has 1 fully saturated rings. The summed E-state index contributed by atoms with van der Waals surface area (Å²) < 4.78 is 5.39. The van der Waals surface area contributed by atoms with Gasteiger partial charge in [-0.2, -0.15) is 0 Å². The first-order chi connectivity index (χ1) is 10.2. The van der Waals surface area contributed by atoms with Gasteiger partial charge in [-0.3, -0.25) is 4.79 Å². The molecule has 1 amide bonds. The lowest BCUT2D eigenvalue weighted by Gasteiger charge is -2.15. The van der Waals surface area contributed by atoms with Crippen molar-refractivity contribution >= 4 is 29.7 Å². The molecule has 1 aromatic heterocycles. The van der Waals surface area contributed by atoms with Crippen LogP contribution in [0.4, 0.5) is 0 Å². The van der Waals surface area contributed by atoms with Crippen molar-refractivity contribution in [3.63, 3.8) is 0 Å². The summed E-state index contributed by atoms with van der Waals surface area (Å²) in [6.07, 6.45) is 0.866. The molecule has 1 aliphatic heterocycles. The van der Waals surface area contributed by atoms with Gasteiger partial charge in [0.2, 0.25) is 0 Å². The smallest absolute Gasteiger partial charge is 0.267 e. The molecule has 0 unspecified atom stereocenters. The molecule has 1 aliphatic rings. The number of likely N-dealkylation sites (tertiary alicyclic amines) is 1. The van der Waals surface area contributed by atoms with Crippen LogP contribution in [0.1, 0.15) is 16.1 Å². The molecule has 0 bridgehead atoms. The second-order valence-electron chi connectivity index (χ2n) is 5.17. The van der Waals surface area contributed by atoms with E-state index in [4.69, 9.17) is 10.5 Å². The highest BCUT2D eigenvalue weighted by Gasteiger charge is 2.28. The van der Waals surface area contributed by atoms with Crippen molar-refractivity contribution in [2.75, 3.05) is 20.2 Å². The molecule has 0 saturated carbocycles. The minimum atomic E-state index is 0. The molecule has 1 aromatic carbocycles. The van der Waals surface area contributed by atoms with Gasteiger partial charge in [0.05, 0.1) is 7.11 Å². The molecule has 1 saturated heterocycles. The molecule has 22 heavy (non-hydrogen) atoms. The predicted octanol–water partition coefficient (Wildman–Crippen LogP) is 3.02. The Labute approximate surface area is 140 Å². The molecule has 2 N–H and O–H groups in total. The number of carbonyl (C=O) groups excluding carboxylic acids is 1. The standard InChI is InChI=1S/C16H18N2O2S.ClH/c1-20-13-9-14(11-5-3-2-4-6-11)21-15(13)16(19)18-8-7-12(17)10-18;/h2-6,9,12H,7-8,10,17H2,1H3;1H/t12-;/m1./s1. The van der Waals surface area contributed by atoms with Crippen LogP contribution in [0.25, 0.3) is 10.4 Å². The van der Waals surface area contributed by atoms with Gasteiger partial charge in [-0.1, -0.05) is 30.3 Å². The van der Waals surface area contributed by atoms with E-state index in [1.807, 2.05) is 41.3 Å². The lowest BCUT2D eigenvalue weighted by atomic mass is 10.2. The number of nitrogens with zero attached hydrogens (tertiary/aromatic N) is 1. The maximum absolute atomic E-state index is 12.6. The number of nitrogens with two attached hydrogens (primary N) is 1. The summed E-state index contributed by atoms with van der Waals surface area (Å²) in [4.78, 5) is 16.1. The molecule has 0 radical (unpaired) electrons. The number of benzene rings is 1. The van der Waals surface area contributed by atoms with Gasteiger partial charge < -0.3 is 15.4 Å². The van der Waals surface area contributed by atoms with Crippen LogP contribution in [-0.2, 0) is 0 Å². The topological polar surface area (TPSA) is 55.6 Å². The van der Waals surface area contributed by atoms with Gasteiger partial charge in [-0.05, 0) is 18.1 Å². The van der Waals surface area contributed by atoms with E-state index in [0.29, 0.717) is 17.2 Å². The highest BCUT2D eigenvalue weighted by molar-refractivity contribution is 7.17. The molecular formula is C16H19ClN2O2S. The summed E-state index contributed by atoms with van der Waals surface area (Å²) in [7, 11) is 1.60. The predicted molar refractivity (Wildman–Crippen MR) is 92.1 cm³/mol. The summed E-state index contributed by atoms with van der Waals surface area (Å²) >= 11 is 1.48. The molecule has 6 heteroatoms. The van der Waals surface area contributed by atoms with Crippen molar-refractivity contribution in [2.24, 2.45) is 5.73 Å². The van der Waals surface area contributed by atoms with Crippen LogP contribution < -0.4 is 10.5 Å². The van der Waals surface area contributed by atoms with Crippen molar-refractivity contribution in [3.05, 3.63) is 41.3 Å². The molecule has 118 valence electrons. The van der Waals surface area contributed by atoms with E-state index in [1.165, 1.54) is 11.3 Å². The Kier molecular flexibility index (Phi) is 5.45. The van der Waals surface area contributed by atoms with Crippen molar-refractivity contribution < 1.29 is 9.53 Å². The molecule has 0 spiro atoms. The van der Waals surface area contributed by atoms with Crippen LogP contribution in [0.5, 0.6) is 5.75 Å². The lowest BCUT2D eigenvalue weighted by Crippen LogP contribution is -2.31. The number of hydrogen-bond acceptors (Lipinski definition) is 4. The SMILES string of the molecule is COc1cc(-c2ccccc2)sc1C(=O)N1CC[C@@H](N)C1.Cl. The van der Waals surface area contributed by atoms with Crippen LogP contribution >= 0.6 is 23.7 Å². The zero-order chi connectivity index (χ0) is 14.8. The second-order valence-corrected chi connectivity index (χ2v) is 6.23. The molecule has 0 aliphatic carbocycles. The fourth-order valence-electron chi connectivity index (χ4n) is 2.54. The first-order valence-electron chi connectivity index (χ1n) is 6.97. The average molecular weight is 339 g/mol. The van der Waals surface area contributed by atoms with Crippen LogP contribution in [0.15, 0.2) is 36.4 Å². The van der Waals surface area contributed by atoms with Gasteiger partial charge in [0, 0.05) is 24.0 Å². The van der Waals surface area contributed by atoms with Gasteiger partial charge >= 0.3 is 0 Å². The Bertz CT molecular complexity index is 645. The van der Waals surface area contributed by atoms with Crippen molar-refractivity contribution in [1.29, 1.82) is 0 Å². The highest BCUT2D eigenvalue weighted by atomic mass is 35.5. The Balaban J connectivity index is 0.00000176. The number of amides is 1. The third kappa shape index (κ3) is 3.27. The van der Waals surface area contributed by atoms with Gasteiger partial charge in [-0.15, -0.1) is 23.7 Å². The van der Waals surface area contributed by atoms with Crippen LogP contribution in [-0.4, -0.2) is 37.0 Å². The monoisotopic (exact) mass is 338 g/mol. The van der Waals surface area contributed by atoms with E-state index < -0.39 is 0 Å². The lowest BCUT2D eigenvalue weighted by molar-refractivity contribution is 0.0792. The van der Waals surface area contributed by atoms with E-state index in [0.717, 1.165) is 23.4 Å². The van der Waals surface area contributed by atoms with Crippen molar-refractivity contribution in [2.45, 2.75) is 12.5 Å². The number of ether oxygens (including phenoxy) is 1. The zero-order valence-corrected chi connectivity index (χ0v) is 14.0. The Morgan fingerprint density at radius 1 is 1.36 bits per heavy atom. The number of methoxy groups -OCH3 is 1. The van der Waals surface area contributed by atoms with E-state index in [9.17, 15) is 4.79 Å². The Morgan fingerprint density at radius 2 is 2.09 bits per heavy atom. The summed E-state index contributed by atoms with van der Waals surface area (Å²) in [6, 6.07) is 12.0. The Morgan fingerprint density at radius 3 is 2.68 bits per heavy atom. The summed E-state index contributed by atoms with van der Waals surface area (Å²) in [6.45, 7) is 1.35. The molecule has 3 rings (SSSR count). The first kappa shape index (κ1) is 16.8. The van der Waals surface area contributed by atoms with Gasteiger partial charge in [0.25, 0.3) is 5.91 Å². The minimum Gasteiger partial charge on any atom is -0.495 e. The summed E-state index contributed by atoms with van der Waals surface area (Å²) in [5.41, 5.74) is 6.98. The van der Waals surface area contributed by atoms with Crippen molar-refractivity contribution in [3.8, 4) is 16.2 Å². The number of hydrogen-bond donors (Lipinski definition) is 1. The normalized spacial score (nSPS) is 17.2. The van der Waals surface area contributed by atoms with E-state index in [1.54, 1.807) is 7.11 Å². The largest absolute Gasteiger partial charge is 0.495 e. The van der Waals surface area contributed by atoms with Crippen LogP contribution in [0, 0.1) is 0 Å². The maximum Gasteiger partial charge on any atom is 0.267 e. The summed E-state index contributed by atoms with van der Waals surface area (Å²) in [5.74, 6) is 0.663. The Hall–Kier alpha value is -1.56. The number of thiophene rings is 1. The second kappa shape index (κ2) is 7.13.